The molecule has 0 fully saturated rings. The van der Waals surface area contributed by atoms with Gasteiger partial charge >= 0.3 is 0 Å². The molecular weight excluding hydrogens is 232 g/mol. The Labute approximate surface area is 107 Å². The quantitative estimate of drug-likeness (QED) is 0.560. The Balaban J connectivity index is 2.90. The number of anilines is 2. The first kappa shape index (κ1) is 14.2. The van der Waals surface area contributed by atoms with Crippen LogP contribution in [-0.2, 0) is 11.2 Å². The minimum atomic E-state index is 0.0106. The smallest absolute Gasteiger partial charge is 0.241 e. The maximum Gasteiger partial charge on any atom is 0.241 e. The molecule has 0 aliphatic heterocycles. The molecule has 0 saturated heterocycles. The summed E-state index contributed by atoms with van der Waals surface area (Å²) in [7, 11) is 5.25. The van der Waals surface area contributed by atoms with E-state index in [1.165, 1.54) is 0 Å². The number of hydrogen-bond donors (Lipinski definition) is 2. The Morgan fingerprint density at radius 2 is 2.06 bits per heavy atom. The summed E-state index contributed by atoms with van der Waals surface area (Å²) < 4.78 is 0. The number of carbonyl (C=O) groups excluding carboxylic acids is 1. The minimum absolute atomic E-state index is 0.0106. The van der Waals surface area contributed by atoms with Crippen LogP contribution in [-0.4, -0.2) is 48.5 Å². The van der Waals surface area contributed by atoms with Crippen LogP contribution in [0, 0.1) is 0 Å². The molecule has 0 aliphatic rings. The fraction of sp³-hybridized carbons (Fsp3) is 0.545. The van der Waals surface area contributed by atoms with Crippen molar-refractivity contribution in [3.63, 3.8) is 0 Å². The number of hydrazine groups is 1. The summed E-state index contributed by atoms with van der Waals surface area (Å²) >= 11 is 0. The van der Waals surface area contributed by atoms with Gasteiger partial charge in [0.15, 0.2) is 0 Å². The molecule has 1 heterocycles. The highest BCUT2D eigenvalue weighted by Crippen LogP contribution is 2.14. The van der Waals surface area contributed by atoms with Gasteiger partial charge in [-0.1, -0.05) is 6.92 Å². The lowest BCUT2D eigenvalue weighted by Gasteiger charge is -2.20. The number of amides is 1. The second-order valence-corrected chi connectivity index (χ2v) is 4.17. The second-order valence-electron chi connectivity index (χ2n) is 4.17. The predicted molar refractivity (Wildman–Crippen MR) is 71.2 cm³/mol. The summed E-state index contributed by atoms with van der Waals surface area (Å²) in [5, 5.41) is 0. The van der Waals surface area contributed by atoms with Crippen molar-refractivity contribution < 1.29 is 4.79 Å². The Bertz CT molecular complexity index is 398. The molecule has 1 aromatic heterocycles. The summed E-state index contributed by atoms with van der Waals surface area (Å²) in [4.78, 5) is 23.5. The Hall–Kier alpha value is -1.89. The first-order valence-corrected chi connectivity index (χ1v) is 5.73. The number of nitrogens with zero attached hydrogens (tertiary/aromatic N) is 4. The van der Waals surface area contributed by atoms with Crippen molar-refractivity contribution in [2.24, 2.45) is 5.84 Å². The topological polar surface area (TPSA) is 87.4 Å². The fourth-order valence-electron chi connectivity index (χ4n) is 1.34. The Morgan fingerprint density at radius 3 is 2.56 bits per heavy atom. The van der Waals surface area contributed by atoms with E-state index in [-0.39, 0.29) is 12.5 Å². The van der Waals surface area contributed by atoms with Crippen LogP contribution in [0.1, 0.15) is 12.7 Å². The maximum atomic E-state index is 11.6. The molecule has 1 amide bonds. The third-order valence-electron chi connectivity index (χ3n) is 2.49. The number of nitrogen functional groups attached to an aromatic ring is 1. The van der Waals surface area contributed by atoms with E-state index in [0.717, 1.165) is 0 Å². The third-order valence-corrected chi connectivity index (χ3v) is 2.49. The van der Waals surface area contributed by atoms with Crippen molar-refractivity contribution >= 4 is 17.5 Å². The van der Waals surface area contributed by atoms with Gasteiger partial charge in [0, 0.05) is 33.6 Å². The van der Waals surface area contributed by atoms with E-state index in [1.54, 1.807) is 30.0 Å². The van der Waals surface area contributed by atoms with Gasteiger partial charge in [0.05, 0.1) is 6.54 Å². The van der Waals surface area contributed by atoms with Crippen molar-refractivity contribution in [2.75, 3.05) is 38.0 Å². The van der Waals surface area contributed by atoms with Crippen molar-refractivity contribution in [3.8, 4) is 0 Å². The average Bonchev–Trinajstić information content (AvgIpc) is 2.37. The highest BCUT2D eigenvalue weighted by molar-refractivity contribution is 5.80. The van der Waals surface area contributed by atoms with Crippen LogP contribution in [0.25, 0.3) is 0 Å². The highest BCUT2D eigenvalue weighted by atomic mass is 16.2. The van der Waals surface area contributed by atoms with Gasteiger partial charge in [-0.3, -0.25) is 4.79 Å². The minimum Gasteiger partial charge on any atom is -0.350 e. The molecule has 3 N–H and O–H groups in total. The van der Waals surface area contributed by atoms with E-state index >= 15 is 0 Å². The van der Waals surface area contributed by atoms with Gasteiger partial charge in [-0.25, -0.2) is 15.8 Å². The number of aryl methyl sites for hydroxylation is 1. The molecule has 0 aliphatic carbocycles. The van der Waals surface area contributed by atoms with E-state index in [1.807, 2.05) is 14.0 Å². The molecule has 1 aromatic rings. The number of rotatable bonds is 5. The van der Waals surface area contributed by atoms with Gasteiger partial charge in [-0.15, -0.1) is 0 Å². The summed E-state index contributed by atoms with van der Waals surface area (Å²) in [6.07, 6.45) is 0.706. The molecule has 0 spiro atoms. The first-order chi connectivity index (χ1) is 8.47. The van der Waals surface area contributed by atoms with Crippen LogP contribution in [0.2, 0.25) is 0 Å². The van der Waals surface area contributed by atoms with Crippen molar-refractivity contribution in [1.82, 2.24) is 14.9 Å². The molecular formula is C11H20N6O. The normalized spacial score (nSPS) is 10.1. The molecule has 0 bridgehead atoms. The molecule has 0 aromatic carbocycles. The van der Waals surface area contributed by atoms with Crippen LogP contribution in [0.5, 0.6) is 0 Å². The first-order valence-electron chi connectivity index (χ1n) is 5.73. The third kappa shape index (κ3) is 3.56. The van der Waals surface area contributed by atoms with E-state index < -0.39 is 0 Å². The van der Waals surface area contributed by atoms with E-state index in [9.17, 15) is 4.79 Å². The van der Waals surface area contributed by atoms with Gasteiger partial charge in [0.2, 0.25) is 5.91 Å². The summed E-state index contributed by atoms with van der Waals surface area (Å²) in [6, 6.07) is 1.71. The van der Waals surface area contributed by atoms with Crippen molar-refractivity contribution in [1.29, 1.82) is 0 Å². The summed E-state index contributed by atoms with van der Waals surface area (Å²) in [5.74, 6) is 7.27. The largest absolute Gasteiger partial charge is 0.350 e. The van der Waals surface area contributed by atoms with Crippen molar-refractivity contribution in [2.45, 2.75) is 13.3 Å². The van der Waals surface area contributed by atoms with Crippen LogP contribution >= 0.6 is 0 Å². The highest BCUT2D eigenvalue weighted by Gasteiger charge is 2.12. The zero-order chi connectivity index (χ0) is 13.7. The van der Waals surface area contributed by atoms with E-state index in [4.69, 9.17) is 5.84 Å². The number of carbonyl (C=O) groups is 1. The number of nitrogens with one attached hydrogen (secondary N) is 1. The molecule has 0 saturated carbocycles. The van der Waals surface area contributed by atoms with Crippen LogP contribution < -0.4 is 16.2 Å². The van der Waals surface area contributed by atoms with Gasteiger partial charge in [-0.2, -0.15) is 0 Å². The number of nitrogens with two attached hydrogens (primary N) is 1. The van der Waals surface area contributed by atoms with Gasteiger partial charge < -0.3 is 15.2 Å². The van der Waals surface area contributed by atoms with Crippen LogP contribution in [0.4, 0.5) is 11.6 Å². The van der Waals surface area contributed by atoms with Gasteiger partial charge in [0.25, 0.3) is 0 Å². The summed E-state index contributed by atoms with van der Waals surface area (Å²) in [6.45, 7) is 2.22. The number of hydrogen-bond acceptors (Lipinski definition) is 6. The number of likely N-dealkylation sites (N-methyl/N-ethyl adjacent to an activating group) is 2. The predicted octanol–water partition coefficient (Wildman–Crippen LogP) is -0.151. The summed E-state index contributed by atoms with van der Waals surface area (Å²) in [5.41, 5.74) is 2.50. The van der Waals surface area contributed by atoms with E-state index in [2.05, 4.69) is 15.4 Å². The SMILES string of the molecule is CCc1nc(NN)cc(N(C)CC(=O)N(C)C)n1. The monoisotopic (exact) mass is 252 g/mol. The molecule has 7 heteroatoms. The van der Waals surface area contributed by atoms with Gasteiger partial charge in [-0.05, 0) is 0 Å². The van der Waals surface area contributed by atoms with Crippen LogP contribution in [0.15, 0.2) is 6.07 Å². The Kier molecular flexibility index (Phi) is 4.85. The lowest BCUT2D eigenvalue weighted by Crippen LogP contribution is -2.35. The van der Waals surface area contributed by atoms with E-state index in [0.29, 0.717) is 23.9 Å². The molecule has 0 unspecified atom stereocenters. The maximum absolute atomic E-state index is 11.6. The molecule has 1 rings (SSSR count). The average molecular weight is 252 g/mol. The zero-order valence-electron chi connectivity index (χ0n) is 11.3. The number of aromatic nitrogens is 2. The lowest BCUT2D eigenvalue weighted by atomic mass is 10.4. The van der Waals surface area contributed by atoms with Gasteiger partial charge in [0.1, 0.15) is 17.5 Å². The second kappa shape index (κ2) is 6.15. The molecule has 7 nitrogen and oxygen atoms in total. The molecule has 0 atom stereocenters. The Morgan fingerprint density at radius 1 is 1.39 bits per heavy atom. The van der Waals surface area contributed by atoms with Crippen molar-refractivity contribution in [3.05, 3.63) is 11.9 Å². The lowest BCUT2D eigenvalue weighted by molar-refractivity contribution is -0.127. The zero-order valence-corrected chi connectivity index (χ0v) is 11.3. The van der Waals surface area contributed by atoms with Crippen LogP contribution in [0.3, 0.4) is 0 Å². The molecule has 0 radical (unpaired) electrons. The fourth-order valence-corrected chi connectivity index (χ4v) is 1.34. The molecule has 18 heavy (non-hydrogen) atoms. The molecule has 100 valence electrons. The standard InChI is InChI=1S/C11H20N6O/c1-5-8-13-9(15-12)6-10(14-8)17(4)7-11(18)16(2)3/h6H,5,7,12H2,1-4H3,(H,13,14,15).